The number of rotatable bonds is 12. The fraction of sp³-hybridized carbons (Fsp3) is 0.450. The monoisotopic (exact) mass is 389 g/mol. The van der Waals surface area contributed by atoms with Gasteiger partial charge in [0.2, 0.25) is 0 Å². The summed E-state index contributed by atoms with van der Waals surface area (Å²) < 4.78 is 17.6. The first-order valence-electron chi connectivity index (χ1n) is 9.28. The summed E-state index contributed by atoms with van der Waals surface area (Å²) in [6.45, 7) is 3.52. The van der Waals surface area contributed by atoms with Crippen molar-refractivity contribution < 1.29 is 23.8 Å². The molecule has 0 saturated heterocycles. The predicted octanol–water partition coefficient (Wildman–Crippen LogP) is 2.14. The van der Waals surface area contributed by atoms with E-state index in [-0.39, 0.29) is 24.9 Å². The van der Waals surface area contributed by atoms with E-state index < -0.39 is 0 Å². The molecule has 0 radical (unpaired) electrons. The van der Waals surface area contributed by atoms with Gasteiger partial charge in [0, 0.05) is 38.1 Å². The van der Waals surface area contributed by atoms with E-state index in [0.29, 0.717) is 31.2 Å². The number of carbonyl (C=O) groups excluding carboxylic acids is 2. The number of aryl methyl sites for hydroxylation is 1. The van der Waals surface area contributed by atoms with E-state index in [1.807, 2.05) is 10.8 Å². The molecule has 0 spiro atoms. The molecule has 0 fully saturated rings. The maximum absolute atomic E-state index is 12.6. The summed E-state index contributed by atoms with van der Waals surface area (Å²) in [4.78, 5) is 29.9. The minimum atomic E-state index is -0.316. The van der Waals surface area contributed by atoms with E-state index in [2.05, 4.69) is 4.98 Å². The van der Waals surface area contributed by atoms with Crippen LogP contribution in [0.15, 0.2) is 43.0 Å². The van der Waals surface area contributed by atoms with Crippen molar-refractivity contribution in [3.63, 3.8) is 0 Å². The van der Waals surface area contributed by atoms with Crippen LogP contribution >= 0.6 is 0 Å². The van der Waals surface area contributed by atoms with Gasteiger partial charge in [-0.2, -0.15) is 0 Å². The average Bonchev–Trinajstić information content (AvgIpc) is 3.22. The van der Waals surface area contributed by atoms with Crippen LogP contribution in [0.4, 0.5) is 0 Å². The maximum atomic E-state index is 12.6. The van der Waals surface area contributed by atoms with E-state index in [9.17, 15) is 9.59 Å². The Morgan fingerprint density at radius 2 is 2.04 bits per heavy atom. The zero-order chi connectivity index (χ0) is 20.2. The molecular weight excluding hydrogens is 362 g/mol. The van der Waals surface area contributed by atoms with Crippen LogP contribution in [-0.4, -0.2) is 59.7 Å². The Kier molecular flexibility index (Phi) is 8.84. The Morgan fingerprint density at radius 3 is 2.75 bits per heavy atom. The highest BCUT2D eigenvalue weighted by atomic mass is 16.5. The fourth-order valence-electron chi connectivity index (χ4n) is 2.61. The number of hydrogen-bond acceptors (Lipinski definition) is 6. The lowest BCUT2D eigenvalue weighted by molar-refractivity contribution is -0.144. The number of esters is 1. The number of methoxy groups -OCH3 is 1. The van der Waals surface area contributed by atoms with Crippen LogP contribution in [0, 0.1) is 0 Å². The summed E-state index contributed by atoms with van der Waals surface area (Å²) in [5.74, 6) is 0.710. The quantitative estimate of drug-likeness (QED) is 0.517. The molecular formula is C20H27N3O5. The molecule has 1 aromatic carbocycles. The summed E-state index contributed by atoms with van der Waals surface area (Å²) in [6, 6.07) is 7.08. The SMILES string of the molecule is CCOC(=O)CCN(CCCn1ccnc1)C(=O)COc1cccc(OC)c1. The van der Waals surface area contributed by atoms with Crippen LogP contribution in [0.1, 0.15) is 19.8 Å². The highest BCUT2D eigenvalue weighted by Gasteiger charge is 2.16. The van der Waals surface area contributed by atoms with E-state index in [1.165, 1.54) is 0 Å². The summed E-state index contributed by atoms with van der Waals surface area (Å²) in [5.41, 5.74) is 0. The molecule has 0 bridgehead atoms. The van der Waals surface area contributed by atoms with E-state index in [1.54, 1.807) is 55.7 Å². The minimum absolute atomic E-state index is 0.110. The second-order valence-electron chi connectivity index (χ2n) is 6.06. The highest BCUT2D eigenvalue weighted by Crippen LogP contribution is 2.18. The van der Waals surface area contributed by atoms with E-state index >= 15 is 0 Å². The third kappa shape index (κ3) is 7.30. The topological polar surface area (TPSA) is 82.9 Å². The van der Waals surface area contributed by atoms with Crippen LogP contribution in [0.3, 0.4) is 0 Å². The average molecular weight is 389 g/mol. The zero-order valence-corrected chi connectivity index (χ0v) is 16.4. The number of nitrogens with zero attached hydrogens (tertiary/aromatic N) is 3. The van der Waals surface area contributed by atoms with Gasteiger partial charge < -0.3 is 23.7 Å². The molecule has 0 unspecified atom stereocenters. The lowest BCUT2D eigenvalue weighted by atomic mass is 10.3. The molecule has 1 heterocycles. The normalized spacial score (nSPS) is 10.4. The number of benzene rings is 1. The molecule has 0 aliphatic heterocycles. The Labute approximate surface area is 165 Å². The minimum Gasteiger partial charge on any atom is -0.497 e. The van der Waals surface area contributed by atoms with Crippen LogP contribution in [0.2, 0.25) is 0 Å². The molecule has 2 aromatic rings. The molecule has 1 amide bonds. The number of aromatic nitrogens is 2. The number of imidazole rings is 1. The van der Waals surface area contributed by atoms with Crippen LogP contribution in [-0.2, 0) is 20.9 Å². The predicted molar refractivity (Wildman–Crippen MR) is 103 cm³/mol. The van der Waals surface area contributed by atoms with Gasteiger partial charge in [-0.15, -0.1) is 0 Å². The van der Waals surface area contributed by atoms with E-state index in [4.69, 9.17) is 14.2 Å². The Balaban J connectivity index is 1.88. The van der Waals surface area contributed by atoms with Crippen molar-refractivity contribution in [3.05, 3.63) is 43.0 Å². The molecule has 0 saturated carbocycles. The van der Waals surface area contributed by atoms with Crippen LogP contribution in [0.5, 0.6) is 11.5 Å². The first kappa shape index (κ1) is 21.3. The smallest absolute Gasteiger partial charge is 0.307 e. The highest BCUT2D eigenvalue weighted by molar-refractivity contribution is 5.78. The van der Waals surface area contributed by atoms with Gasteiger partial charge in [-0.1, -0.05) is 6.07 Å². The first-order chi connectivity index (χ1) is 13.6. The van der Waals surface area contributed by atoms with Gasteiger partial charge in [-0.25, -0.2) is 4.98 Å². The van der Waals surface area contributed by atoms with Crippen molar-refractivity contribution in [1.29, 1.82) is 0 Å². The summed E-state index contributed by atoms with van der Waals surface area (Å²) in [6.07, 6.45) is 6.22. The van der Waals surface area contributed by atoms with Crippen molar-refractivity contribution in [1.82, 2.24) is 14.5 Å². The van der Waals surface area contributed by atoms with Crippen molar-refractivity contribution in [2.75, 3.05) is 33.4 Å². The molecule has 0 aliphatic carbocycles. The second-order valence-corrected chi connectivity index (χ2v) is 6.06. The molecule has 0 N–H and O–H groups in total. The molecule has 1 aromatic heterocycles. The number of amides is 1. The summed E-state index contributed by atoms with van der Waals surface area (Å²) >= 11 is 0. The number of ether oxygens (including phenoxy) is 3. The van der Waals surface area contributed by atoms with Crippen LogP contribution < -0.4 is 9.47 Å². The Bertz CT molecular complexity index is 733. The lowest BCUT2D eigenvalue weighted by Gasteiger charge is -2.22. The molecule has 152 valence electrons. The number of carbonyl (C=O) groups is 2. The largest absolute Gasteiger partial charge is 0.497 e. The Morgan fingerprint density at radius 1 is 1.21 bits per heavy atom. The van der Waals surface area contributed by atoms with Crippen molar-refractivity contribution >= 4 is 11.9 Å². The Hall–Kier alpha value is -3.03. The summed E-state index contributed by atoms with van der Waals surface area (Å²) in [5, 5.41) is 0. The van der Waals surface area contributed by atoms with Gasteiger partial charge in [0.25, 0.3) is 5.91 Å². The number of hydrogen-bond donors (Lipinski definition) is 0. The second kappa shape index (κ2) is 11.6. The molecule has 0 aliphatic rings. The molecule has 0 atom stereocenters. The van der Waals surface area contributed by atoms with Gasteiger partial charge >= 0.3 is 5.97 Å². The van der Waals surface area contributed by atoms with Crippen LogP contribution in [0.25, 0.3) is 0 Å². The van der Waals surface area contributed by atoms with Gasteiger partial charge in [0.1, 0.15) is 11.5 Å². The molecule has 28 heavy (non-hydrogen) atoms. The maximum Gasteiger partial charge on any atom is 0.307 e. The summed E-state index contributed by atoms with van der Waals surface area (Å²) in [7, 11) is 1.57. The molecule has 2 rings (SSSR count). The van der Waals surface area contributed by atoms with Gasteiger partial charge in [0.15, 0.2) is 6.61 Å². The zero-order valence-electron chi connectivity index (χ0n) is 16.4. The van der Waals surface area contributed by atoms with Crippen molar-refractivity contribution in [3.8, 4) is 11.5 Å². The lowest BCUT2D eigenvalue weighted by Crippen LogP contribution is -2.37. The fourth-order valence-corrected chi connectivity index (χ4v) is 2.61. The van der Waals surface area contributed by atoms with E-state index in [0.717, 1.165) is 13.0 Å². The van der Waals surface area contributed by atoms with Crippen molar-refractivity contribution in [2.24, 2.45) is 0 Å². The van der Waals surface area contributed by atoms with Gasteiger partial charge in [0.05, 0.1) is 26.5 Å². The molecule has 8 heteroatoms. The third-order valence-electron chi connectivity index (χ3n) is 4.05. The first-order valence-corrected chi connectivity index (χ1v) is 9.28. The standard InChI is InChI=1S/C20H27N3O5/c1-3-27-20(25)8-12-23(11-5-10-22-13-9-21-16-22)19(24)15-28-18-7-4-6-17(14-18)26-2/h4,6-7,9,13-14,16H,3,5,8,10-12,15H2,1-2H3. The van der Waals surface area contributed by atoms with Gasteiger partial charge in [-0.05, 0) is 25.5 Å². The van der Waals surface area contributed by atoms with Gasteiger partial charge in [-0.3, -0.25) is 9.59 Å². The molecule has 8 nitrogen and oxygen atoms in total. The third-order valence-corrected chi connectivity index (χ3v) is 4.05. The van der Waals surface area contributed by atoms with Crippen molar-refractivity contribution in [2.45, 2.75) is 26.3 Å².